The number of thiazole rings is 1. The molecular formula is C13H21N3O2S. The lowest BCUT2D eigenvalue weighted by atomic mass is 10.2. The smallest absolute Gasteiger partial charge is 0.245 e. The molecule has 1 aromatic heterocycles. The largest absolute Gasteiger partial charge is 0.331 e. The molecule has 0 spiro atoms. The summed E-state index contributed by atoms with van der Waals surface area (Å²) in [5.41, 5.74) is 0.878. The molecule has 19 heavy (non-hydrogen) atoms. The lowest BCUT2D eigenvalue weighted by Crippen LogP contribution is -2.42. The van der Waals surface area contributed by atoms with E-state index in [9.17, 15) is 9.59 Å². The fourth-order valence-corrected chi connectivity index (χ4v) is 2.35. The number of aromatic nitrogens is 1. The van der Waals surface area contributed by atoms with Gasteiger partial charge in [-0.05, 0) is 27.2 Å². The second-order valence-corrected chi connectivity index (χ2v) is 5.57. The molecule has 0 saturated heterocycles. The van der Waals surface area contributed by atoms with Crippen LogP contribution in [-0.2, 0) is 9.59 Å². The van der Waals surface area contributed by atoms with Crippen LogP contribution in [0.1, 0.15) is 39.3 Å². The van der Waals surface area contributed by atoms with E-state index in [1.165, 1.54) is 11.3 Å². The Labute approximate surface area is 118 Å². The molecule has 0 aliphatic rings. The van der Waals surface area contributed by atoms with E-state index in [1.54, 1.807) is 4.90 Å². The van der Waals surface area contributed by atoms with E-state index in [1.807, 2.05) is 33.1 Å². The van der Waals surface area contributed by atoms with Gasteiger partial charge < -0.3 is 10.2 Å². The number of hydrogen-bond donors (Lipinski definition) is 1. The Morgan fingerprint density at radius 2 is 2.16 bits per heavy atom. The zero-order valence-electron chi connectivity index (χ0n) is 11.9. The molecule has 2 amide bonds. The van der Waals surface area contributed by atoms with Crippen molar-refractivity contribution >= 4 is 28.3 Å². The van der Waals surface area contributed by atoms with Crippen molar-refractivity contribution in [3.05, 3.63) is 11.1 Å². The molecular weight excluding hydrogens is 262 g/mol. The van der Waals surface area contributed by atoms with Gasteiger partial charge in [0, 0.05) is 17.8 Å². The number of hydrogen-bond acceptors (Lipinski definition) is 4. The van der Waals surface area contributed by atoms with Crippen LogP contribution in [0, 0.1) is 6.92 Å². The summed E-state index contributed by atoms with van der Waals surface area (Å²) in [5.74, 6) is -0.185. The topological polar surface area (TPSA) is 62.3 Å². The lowest BCUT2D eigenvalue weighted by molar-refractivity contribution is -0.136. The van der Waals surface area contributed by atoms with Gasteiger partial charge in [0.15, 0.2) is 5.13 Å². The van der Waals surface area contributed by atoms with E-state index in [0.29, 0.717) is 11.6 Å². The van der Waals surface area contributed by atoms with E-state index < -0.39 is 0 Å². The highest BCUT2D eigenvalue weighted by atomic mass is 32.1. The molecule has 0 bridgehead atoms. The minimum Gasteiger partial charge on any atom is -0.331 e. The normalized spacial score (nSPS) is 10.6. The second kappa shape index (κ2) is 7.23. The van der Waals surface area contributed by atoms with E-state index >= 15 is 0 Å². The molecule has 106 valence electrons. The molecule has 5 nitrogen and oxygen atoms in total. The van der Waals surface area contributed by atoms with E-state index in [4.69, 9.17) is 0 Å². The fourth-order valence-electron chi connectivity index (χ4n) is 1.64. The number of rotatable bonds is 6. The first kappa shape index (κ1) is 15.6. The summed E-state index contributed by atoms with van der Waals surface area (Å²) >= 11 is 1.39. The minimum atomic E-state index is -0.201. The van der Waals surface area contributed by atoms with Crippen LogP contribution >= 0.6 is 11.3 Å². The SMILES string of the molecule is CCCC(=O)N(CC(=O)Nc1nc(C)cs1)C(C)C. The van der Waals surface area contributed by atoms with Crippen LogP contribution in [0.5, 0.6) is 0 Å². The molecule has 0 aliphatic heterocycles. The van der Waals surface area contributed by atoms with Gasteiger partial charge in [0.1, 0.15) is 6.54 Å². The summed E-state index contributed by atoms with van der Waals surface area (Å²) in [6.45, 7) is 7.73. The minimum absolute atomic E-state index is 0.0165. The van der Waals surface area contributed by atoms with Crippen molar-refractivity contribution in [2.45, 2.75) is 46.6 Å². The summed E-state index contributed by atoms with van der Waals surface area (Å²) in [7, 11) is 0. The molecule has 0 radical (unpaired) electrons. The van der Waals surface area contributed by atoms with Gasteiger partial charge >= 0.3 is 0 Å². The molecule has 0 unspecified atom stereocenters. The van der Waals surface area contributed by atoms with E-state index in [0.717, 1.165) is 12.1 Å². The standard InChI is InChI=1S/C13H21N3O2S/c1-5-6-12(18)16(9(2)3)7-11(17)15-13-14-10(4)8-19-13/h8-9H,5-7H2,1-4H3,(H,14,15,17). The first-order valence-corrected chi connectivity index (χ1v) is 7.33. The predicted molar refractivity (Wildman–Crippen MR) is 77.2 cm³/mol. The third-order valence-corrected chi connectivity index (χ3v) is 3.46. The number of anilines is 1. The Hall–Kier alpha value is -1.43. The van der Waals surface area contributed by atoms with Gasteiger partial charge in [-0.15, -0.1) is 11.3 Å². The van der Waals surface area contributed by atoms with Crippen LogP contribution in [-0.4, -0.2) is 34.3 Å². The molecule has 0 aromatic carbocycles. The Morgan fingerprint density at radius 3 is 2.63 bits per heavy atom. The molecule has 0 saturated carbocycles. The van der Waals surface area contributed by atoms with Crippen molar-refractivity contribution in [1.29, 1.82) is 0 Å². The highest BCUT2D eigenvalue weighted by molar-refractivity contribution is 7.13. The Kier molecular flexibility index (Phi) is 5.95. The second-order valence-electron chi connectivity index (χ2n) is 4.71. The van der Waals surface area contributed by atoms with Gasteiger partial charge in [-0.2, -0.15) is 0 Å². The Balaban J connectivity index is 2.59. The van der Waals surface area contributed by atoms with E-state index in [2.05, 4.69) is 10.3 Å². The van der Waals surface area contributed by atoms with Gasteiger partial charge in [-0.3, -0.25) is 9.59 Å². The van der Waals surface area contributed by atoms with E-state index in [-0.39, 0.29) is 24.4 Å². The number of aryl methyl sites for hydroxylation is 1. The number of carbonyl (C=O) groups excluding carboxylic acids is 2. The van der Waals surface area contributed by atoms with Crippen LogP contribution in [0.3, 0.4) is 0 Å². The van der Waals surface area contributed by atoms with Crippen LogP contribution in [0.4, 0.5) is 5.13 Å². The third-order valence-electron chi connectivity index (χ3n) is 2.59. The molecule has 1 heterocycles. The highest BCUT2D eigenvalue weighted by Crippen LogP contribution is 2.14. The van der Waals surface area contributed by atoms with Gasteiger partial charge in [-0.1, -0.05) is 6.92 Å². The van der Waals surface area contributed by atoms with Gasteiger partial charge in [0.2, 0.25) is 11.8 Å². The summed E-state index contributed by atoms with van der Waals surface area (Å²) < 4.78 is 0. The van der Waals surface area contributed by atoms with Gasteiger partial charge in [0.25, 0.3) is 0 Å². The van der Waals surface area contributed by atoms with Crippen molar-refractivity contribution < 1.29 is 9.59 Å². The Bertz CT molecular complexity index is 443. The van der Waals surface area contributed by atoms with Crippen LogP contribution in [0.15, 0.2) is 5.38 Å². The van der Waals surface area contributed by atoms with Crippen molar-refractivity contribution in [2.75, 3.05) is 11.9 Å². The Morgan fingerprint density at radius 1 is 1.47 bits per heavy atom. The maximum atomic E-state index is 11.9. The van der Waals surface area contributed by atoms with Crippen molar-refractivity contribution in [1.82, 2.24) is 9.88 Å². The summed E-state index contributed by atoms with van der Waals surface area (Å²) in [4.78, 5) is 29.6. The predicted octanol–water partition coefficient (Wildman–Crippen LogP) is 2.43. The molecule has 0 fully saturated rings. The molecule has 0 aliphatic carbocycles. The number of nitrogens with zero attached hydrogens (tertiary/aromatic N) is 2. The van der Waals surface area contributed by atoms with Crippen LogP contribution in [0.2, 0.25) is 0 Å². The quantitative estimate of drug-likeness (QED) is 0.872. The summed E-state index contributed by atoms with van der Waals surface area (Å²) in [5, 5.41) is 5.17. The third kappa shape index (κ3) is 4.98. The molecule has 0 atom stereocenters. The lowest BCUT2D eigenvalue weighted by Gasteiger charge is -2.25. The number of nitrogens with one attached hydrogen (secondary N) is 1. The van der Waals surface area contributed by atoms with Crippen molar-refractivity contribution in [3.63, 3.8) is 0 Å². The first-order chi connectivity index (χ1) is 8.93. The molecule has 1 aromatic rings. The van der Waals surface area contributed by atoms with Crippen molar-refractivity contribution in [3.8, 4) is 0 Å². The maximum absolute atomic E-state index is 11.9. The summed E-state index contributed by atoms with van der Waals surface area (Å²) in [6, 6.07) is 0.0165. The van der Waals surface area contributed by atoms with Crippen molar-refractivity contribution in [2.24, 2.45) is 0 Å². The average molecular weight is 283 g/mol. The monoisotopic (exact) mass is 283 g/mol. The fraction of sp³-hybridized carbons (Fsp3) is 0.615. The average Bonchev–Trinajstić information content (AvgIpc) is 2.71. The van der Waals surface area contributed by atoms with Crippen LogP contribution < -0.4 is 5.32 Å². The molecule has 1 rings (SSSR count). The zero-order chi connectivity index (χ0) is 14.4. The molecule has 6 heteroatoms. The zero-order valence-corrected chi connectivity index (χ0v) is 12.7. The highest BCUT2D eigenvalue weighted by Gasteiger charge is 2.19. The van der Waals surface area contributed by atoms with Gasteiger partial charge in [0.05, 0.1) is 5.69 Å². The summed E-state index contributed by atoms with van der Waals surface area (Å²) in [6.07, 6.45) is 1.26. The van der Waals surface area contributed by atoms with Crippen LogP contribution in [0.25, 0.3) is 0 Å². The molecule has 1 N–H and O–H groups in total. The first-order valence-electron chi connectivity index (χ1n) is 6.45. The maximum Gasteiger partial charge on any atom is 0.245 e. The number of carbonyl (C=O) groups is 2. The number of amides is 2. The van der Waals surface area contributed by atoms with Gasteiger partial charge in [-0.25, -0.2) is 4.98 Å².